The first-order chi connectivity index (χ1) is 8.40. The van der Waals surface area contributed by atoms with Gasteiger partial charge in [0, 0.05) is 13.6 Å². The highest BCUT2D eigenvalue weighted by Crippen LogP contribution is 2.04. The van der Waals surface area contributed by atoms with Gasteiger partial charge in [-0.05, 0) is 5.92 Å². The second-order valence-electron chi connectivity index (χ2n) is 4.31. The molecule has 0 aliphatic heterocycles. The molecule has 8 nitrogen and oxygen atoms in total. The lowest BCUT2D eigenvalue weighted by atomic mass is 10.2. The Bertz CT molecular complexity index is 429. The molecule has 0 bridgehead atoms. The number of hydrogen-bond donors (Lipinski definition) is 2. The molecule has 0 saturated carbocycles. The molecule has 0 fully saturated rings. The highest BCUT2D eigenvalue weighted by molar-refractivity contribution is 5.89. The van der Waals surface area contributed by atoms with Gasteiger partial charge in [-0.3, -0.25) is 10.1 Å². The number of carbonyl (C=O) groups excluding carboxylic acids is 1. The number of carboxylic acid groups (broad SMARTS) is 1. The van der Waals surface area contributed by atoms with Crippen LogP contribution in [0.1, 0.15) is 13.8 Å². The van der Waals surface area contributed by atoms with E-state index in [1.807, 2.05) is 13.8 Å². The van der Waals surface area contributed by atoms with E-state index < -0.39 is 12.0 Å². The van der Waals surface area contributed by atoms with E-state index in [0.29, 0.717) is 6.54 Å². The molecule has 0 atom stereocenters. The summed E-state index contributed by atoms with van der Waals surface area (Å²) in [5.41, 5.74) is 0. The van der Waals surface area contributed by atoms with Crippen molar-refractivity contribution >= 4 is 17.9 Å². The minimum atomic E-state index is -1.05. The molecule has 8 heteroatoms. The molecule has 0 aliphatic rings. The van der Waals surface area contributed by atoms with E-state index in [-0.39, 0.29) is 18.4 Å². The number of nitrogens with zero attached hydrogens (tertiary/aromatic N) is 4. The monoisotopic (exact) mass is 255 g/mol. The summed E-state index contributed by atoms with van der Waals surface area (Å²) in [7, 11) is 1.63. The number of carboxylic acids is 1. The van der Waals surface area contributed by atoms with E-state index >= 15 is 0 Å². The Labute approximate surface area is 105 Å². The fraction of sp³-hybridized carbons (Fsp3) is 0.600. The first-order valence-corrected chi connectivity index (χ1v) is 5.52. The summed E-state index contributed by atoms with van der Waals surface area (Å²) in [6, 6.07) is -0.498. The second-order valence-corrected chi connectivity index (χ2v) is 4.31. The highest BCUT2D eigenvalue weighted by atomic mass is 16.4. The molecule has 1 aromatic rings. The number of urea groups is 1. The molecule has 1 heterocycles. The van der Waals surface area contributed by atoms with Gasteiger partial charge >= 0.3 is 12.0 Å². The summed E-state index contributed by atoms with van der Waals surface area (Å²) >= 11 is 0. The zero-order chi connectivity index (χ0) is 13.7. The van der Waals surface area contributed by atoms with Crippen molar-refractivity contribution in [2.75, 3.05) is 18.4 Å². The fourth-order valence-electron chi connectivity index (χ4n) is 1.41. The summed E-state index contributed by atoms with van der Waals surface area (Å²) in [5, 5.41) is 15.1. The van der Waals surface area contributed by atoms with Crippen LogP contribution in [-0.2, 0) is 11.8 Å². The Kier molecular flexibility index (Phi) is 4.64. The lowest BCUT2D eigenvalue weighted by molar-refractivity contribution is -0.137. The van der Waals surface area contributed by atoms with Gasteiger partial charge in [0.2, 0.25) is 5.95 Å². The molecule has 0 aromatic carbocycles. The second kappa shape index (κ2) is 5.99. The van der Waals surface area contributed by atoms with Crippen LogP contribution in [0.3, 0.4) is 0 Å². The molecule has 0 unspecified atom stereocenters. The van der Waals surface area contributed by atoms with Gasteiger partial charge in [0.05, 0.1) is 0 Å². The predicted molar refractivity (Wildman–Crippen MR) is 64.1 cm³/mol. The molecule has 1 rings (SSSR count). The molecule has 100 valence electrons. The topological polar surface area (TPSA) is 100 Å². The van der Waals surface area contributed by atoms with Gasteiger partial charge in [-0.2, -0.15) is 10.1 Å². The maximum absolute atomic E-state index is 11.9. The summed E-state index contributed by atoms with van der Waals surface area (Å²) in [6.07, 6.45) is 1.31. The van der Waals surface area contributed by atoms with Crippen molar-refractivity contribution in [1.29, 1.82) is 0 Å². The first kappa shape index (κ1) is 13.9. The van der Waals surface area contributed by atoms with Crippen LogP contribution in [0.5, 0.6) is 0 Å². The number of aromatic nitrogens is 3. The molecule has 0 radical (unpaired) electrons. The lowest BCUT2D eigenvalue weighted by Crippen LogP contribution is -2.41. The average Bonchev–Trinajstić information content (AvgIpc) is 2.62. The molecule has 2 N–H and O–H groups in total. The van der Waals surface area contributed by atoms with Crippen LogP contribution in [0, 0.1) is 5.92 Å². The van der Waals surface area contributed by atoms with Gasteiger partial charge in [-0.25, -0.2) is 9.48 Å². The molecule has 0 aliphatic carbocycles. The minimum Gasteiger partial charge on any atom is -0.480 e. The van der Waals surface area contributed by atoms with Crippen molar-refractivity contribution < 1.29 is 14.7 Å². The molecule has 18 heavy (non-hydrogen) atoms. The highest BCUT2D eigenvalue weighted by Gasteiger charge is 2.19. The number of nitrogens with one attached hydrogen (secondary N) is 1. The summed E-state index contributed by atoms with van der Waals surface area (Å²) in [5.74, 6) is -0.600. The van der Waals surface area contributed by atoms with E-state index in [1.165, 1.54) is 15.9 Å². The third-order valence-electron chi connectivity index (χ3n) is 2.13. The molecule has 1 aromatic heterocycles. The van der Waals surface area contributed by atoms with Gasteiger partial charge in [-0.1, -0.05) is 13.8 Å². The number of rotatable bonds is 5. The largest absolute Gasteiger partial charge is 0.480 e. The lowest BCUT2D eigenvalue weighted by Gasteiger charge is -2.22. The minimum absolute atomic E-state index is 0.176. The van der Waals surface area contributed by atoms with Crippen LogP contribution in [0.25, 0.3) is 0 Å². The van der Waals surface area contributed by atoms with Gasteiger partial charge in [0.25, 0.3) is 0 Å². The van der Waals surface area contributed by atoms with Crippen LogP contribution in [-0.4, -0.2) is 49.9 Å². The van der Waals surface area contributed by atoms with Gasteiger partial charge in [-0.15, -0.1) is 0 Å². The average molecular weight is 255 g/mol. The van der Waals surface area contributed by atoms with Crippen molar-refractivity contribution in [2.45, 2.75) is 13.8 Å². The number of aliphatic carboxylic acids is 1. The van der Waals surface area contributed by atoms with Crippen molar-refractivity contribution in [3.8, 4) is 0 Å². The van der Waals surface area contributed by atoms with Crippen molar-refractivity contribution in [3.05, 3.63) is 6.33 Å². The third-order valence-corrected chi connectivity index (χ3v) is 2.13. The zero-order valence-electron chi connectivity index (χ0n) is 10.6. The van der Waals surface area contributed by atoms with Crippen molar-refractivity contribution in [1.82, 2.24) is 19.7 Å². The number of anilines is 1. The normalized spacial score (nSPS) is 10.4. The van der Waals surface area contributed by atoms with Crippen LogP contribution >= 0.6 is 0 Å². The SMILES string of the molecule is CC(C)CN(CC(=O)O)C(=O)Nc1ncnn1C. The van der Waals surface area contributed by atoms with E-state index in [0.717, 1.165) is 0 Å². The number of carbonyl (C=O) groups is 2. The van der Waals surface area contributed by atoms with E-state index in [2.05, 4.69) is 15.4 Å². The summed E-state index contributed by atoms with van der Waals surface area (Å²) in [4.78, 5) is 27.7. The Morgan fingerprint density at radius 1 is 1.56 bits per heavy atom. The van der Waals surface area contributed by atoms with E-state index in [4.69, 9.17) is 5.11 Å². The Morgan fingerprint density at radius 2 is 2.22 bits per heavy atom. The Hall–Kier alpha value is -2.12. The molecule has 0 saturated heterocycles. The maximum Gasteiger partial charge on any atom is 0.324 e. The van der Waals surface area contributed by atoms with Crippen molar-refractivity contribution in [3.63, 3.8) is 0 Å². The smallest absolute Gasteiger partial charge is 0.324 e. The van der Waals surface area contributed by atoms with Crippen LogP contribution in [0.2, 0.25) is 0 Å². The van der Waals surface area contributed by atoms with Crippen molar-refractivity contribution in [2.24, 2.45) is 13.0 Å². The van der Waals surface area contributed by atoms with Gasteiger partial charge < -0.3 is 10.0 Å². The number of aryl methyl sites for hydroxylation is 1. The molecule has 0 spiro atoms. The predicted octanol–water partition coefficient (Wildman–Crippen LogP) is 0.390. The summed E-state index contributed by atoms with van der Waals surface area (Å²) in [6.45, 7) is 3.83. The van der Waals surface area contributed by atoms with E-state index in [1.54, 1.807) is 7.05 Å². The van der Waals surface area contributed by atoms with Gasteiger partial charge in [0.15, 0.2) is 0 Å². The van der Waals surface area contributed by atoms with Crippen LogP contribution < -0.4 is 5.32 Å². The van der Waals surface area contributed by atoms with Crippen LogP contribution in [0.4, 0.5) is 10.7 Å². The third kappa shape index (κ3) is 4.04. The Balaban J connectivity index is 2.69. The molecular weight excluding hydrogens is 238 g/mol. The maximum atomic E-state index is 11.9. The molecular formula is C10H17N5O3. The van der Waals surface area contributed by atoms with Gasteiger partial charge in [0.1, 0.15) is 12.9 Å². The quantitative estimate of drug-likeness (QED) is 0.792. The zero-order valence-corrected chi connectivity index (χ0v) is 10.6. The number of amides is 2. The standard InChI is InChI=1S/C10H17N5O3/c1-7(2)4-15(5-8(16)17)10(18)13-9-11-6-12-14(9)3/h6-7H,4-5H2,1-3H3,(H,16,17)(H,11,12,13,18). The number of hydrogen-bond acceptors (Lipinski definition) is 4. The first-order valence-electron chi connectivity index (χ1n) is 5.52. The van der Waals surface area contributed by atoms with Crippen LogP contribution in [0.15, 0.2) is 6.33 Å². The Morgan fingerprint density at radius 3 is 2.67 bits per heavy atom. The fourth-order valence-corrected chi connectivity index (χ4v) is 1.41. The van der Waals surface area contributed by atoms with E-state index in [9.17, 15) is 9.59 Å². The molecule has 2 amide bonds. The summed E-state index contributed by atoms with van der Waals surface area (Å²) < 4.78 is 1.40.